The van der Waals surface area contributed by atoms with Gasteiger partial charge in [-0.05, 0) is 36.8 Å². The van der Waals surface area contributed by atoms with Crippen molar-refractivity contribution in [2.24, 2.45) is 0 Å². The maximum absolute atomic E-state index is 13.0. The van der Waals surface area contributed by atoms with Crippen molar-refractivity contribution < 1.29 is 19.2 Å². The highest BCUT2D eigenvalue weighted by Gasteiger charge is 2.44. The first kappa shape index (κ1) is 19.4. The van der Waals surface area contributed by atoms with E-state index in [1.165, 1.54) is 11.3 Å². The van der Waals surface area contributed by atoms with E-state index in [1.54, 1.807) is 34.6 Å². The van der Waals surface area contributed by atoms with Crippen molar-refractivity contribution in [3.8, 4) is 16.9 Å². The van der Waals surface area contributed by atoms with E-state index in [1.807, 2.05) is 18.2 Å². The lowest BCUT2D eigenvalue weighted by Crippen LogP contribution is -2.54. The summed E-state index contributed by atoms with van der Waals surface area (Å²) in [4.78, 5) is 54.8. The normalized spacial score (nSPS) is 18.2. The van der Waals surface area contributed by atoms with Crippen LogP contribution in [0, 0.1) is 0 Å². The molecule has 4 heterocycles. The monoisotopic (exact) mass is 458 g/mol. The van der Waals surface area contributed by atoms with Crippen molar-refractivity contribution in [1.29, 1.82) is 0 Å². The van der Waals surface area contributed by atoms with E-state index < -0.39 is 29.7 Å². The average molecular weight is 458 g/mol. The molecule has 2 aromatic heterocycles. The quantitative estimate of drug-likeness (QED) is 0.465. The van der Waals surface area contributed by atoms with Gasteiger partial charge >= 0.3 is 0 Å². The Hall–Kier alpha value is -4.25. The topological polar surface area (TPSA) is 127 Å². The van der Waals surface area contributed by atoms with Crippen LogP contribution < -0.4 is 5.32 Å². The molecule has 162 valence electrons. The summed E-state index contributed by atoms with van der Waals surface area (Å²) in [7, 11) is 0. The molecule has 10 nitrogen and oxygen atoms in total. The van der Waals surface area contributed by atoms with Crippen molar-refractivity contribution in [2.45, 2.75) is 18.9 Å². The molecule has 2 aromatic carbocycles. The molecule has 0 aliphatic carbocycles. The van der Waals surface area contributed by atoms with E-state index in [0.717, 1.165) is 20.8 Å². The van der Waals surface area contributed by atoms with Gasteiger partial charge in [-0.15, -0.1) is 16.4 Å². The van der Waals surface area contributed by atoms with Crippen molar-refractivity contribution in [3.63, 3.8) is 0 Å². The van der Waals surface area contributed by atoms with Gasteiger partial charge < -0.3 is 0 Å². The lowest BCUT2D eigenvalue weighted by atomic mass is 10.0. The number of amides is 4. The van der Waals surface area contributed by atoms with Crippen LogP contribution in [-0.4, -0.2) is 54.5 Å². The minimum Gasteiger partial charge on any atom is -0.295 e. The molecule has 1 unspecified atom stereocenters. The fourth-order valence-corrected chi connectivity index (χ4v) is 4.85. The second-order valence-corrected chi connectivity index (χ2v) is 8.65. The lowest BCUT2D eigenvalue weighted by Gasteiger charge is -2.27. The molecule has 0 radical (unpaired) electrons. The van der Waals surface area contributed by atoms with Crippen LogP contribution in [0.25, 0.3) is 27.2 Å². The van der Waals surface area contributed by atoms with Crippen LogP contribution in [0.2, 0.25) is 0 Å². The highest BCUT2D eigenvalue weighted by molar-refractivity contribution is 7.16. The zero-order valence-electron chi connectivity index (χ0n) is 16.9. The number of nitrogens with zero attached hydrogens (tertiary/aromatic N) is 5. The molecule has 0 bridgehead atoms. The summed E-state index contributed by atoms with van der Waals surface area (Å²) in [6, 6.07) is 9.60. The number of benzene rings is 2. The molecular weight excluding hydrogens is 444 g/mol. The maximum Gasteiger partial charge on any atom is 0.262 e. The highest BCUT2D eigenvalue weighted by Crippen LogP contribution is 2.31. The number of carbonyl (C=O) groups is 4. The average Bonchev–Trinajstić information content (AvgIpc) is 3.53. The minimum atomic E-state index is -0.999. The summed E-state index contributed by atoms with van der Waals surface area (Å²) in [5.74, 6) is -2.15. The number of rotatable bonds is 3. The number of hydrogen-bond donors (Lipinski definition) is 1. The van der Waals surface area contributed by atoms with Crippen molar-refractivity contribution in [1.82, 2.24) is 30.2 Å². The van der Waals surface area contributed by atoms with Crippen molar-refractivity contribution in [2.75, 3.05) is 0 Å². The van der Waals surface area contributed by atoms with Gasteiger partial charge in [-0.3, -0.25) is 29.4 Å². The Morgan fingerprint density at radius 3 is 2.70 bits per heavy atom. The van der Waals surface area contributed by atoms with Crippen LogP contribution >= 0.6 is 11.3 Å². The van der Waals surface area contributed by atoms with Crippen LogP contribution in [0.5, 0.6) is 0 Å². The number of hydrogen-bond acceptors (Lipinski definition) is 8. The molecule has 33 heavy (non-hydrogen) atoms. The van der Waals surface area contributed by atoms with Gasteiger partial charge in [0, 0.05) is 12.0 Å². The number of aromatic nitrogens is 4. The molecule has 2 aliphatic heterocycles. The van der Waals surface area contributed by atoms with Crippen LogP contribution in [0.1, 0.15) is 33.6 Å². The third-order valence-corrected chi connectivity index (χ3v) is 6.60. The van der Waals surface area contributed by atoms with Gasteiger partial charge in [-0.1, -0.05) is 11.3 Å². The molecule has 4 aromatic rings. The molecular formula is C22H14N6O4S. The van der Waals surface area contributed by atoms with Crippen molar-refractivity contribution in [3.05, 3.63) is 59.2 Å². The molecule has 1 fully saturated rings. The number of imide groups is 2. The Balaban J connectivity index is 1.31. The summed E-state index contributed by atoms with van der Waals surface area (Å²) < 4.78 is 2.66. The van der Waals surface area contributed by atoms with Gasteiger partial charge in [-0.25, -0.2) is 9.67 Å². The number of nitrogens with one attached hydrogen (secondary N) is 1. The smallest absolute Gasteiger partial charge is 0.262 e. The first-order chi connectivity index (χ1) is 16.0. The van der Waals surface area contributed by atoms with Gasteiger partial charge in [0.2, 0.25) is 11.8 Å². The number of fused-ring (bicyclic) bond motifs is 2. The Labute approximate surface area is 189 Å². The van der Waals surface area contributed by atoms with Gasteiger partial charge in [0.1, 0.15) is 11.7 Å². The van der Waals surface area contributed by atoms with Crippen LogP contribution in [-0.2, 0) is 9.59 Å². The molecule has 0 saturated carbocycles. The van der Waals surface area contributed by atoms with E-state index >= 15 is 0 Å². The third-order valence-electron chi connectivity index (χ3n) is 5.81. The van der Waals surface area contributed by atoms with Gasteiger partial charge in [-0.2, -0.15) is 0 Å². The Bertz CT molecular complexity index is 1510. The second kappa shape index (κ2) is 7.14. The minimum absolute atomic E-state index is 0.0749. The Morgan fingerprint density at radius 2 is 1.85 bits per heavy atom. The van der Waals surface area contributed by atoms with E-state index in [9.17, 15) is 19.2 Å². The van der Waals surface area contributed by atoms with Gasteiger partial charge in [0.25, 0.3) is 11.8 Å². The summed E-state index contributed by atoms with van der Waals surface area (Å²) in [5.41, 5.74) is 5.07. The highest BCUT2D eigenvalue weighted by atomic mass is 32.1. The number of thiazole rings is 1. The standard InChI is InChI=1S/C22H14N6O4S/c29-19-6-5-17(20(30)24-19)28-21(31)13-3-1-11(7-14(13)22(28)32)16-9-27(26-25-16)12-2-4-15-18(8-12)33-10-23-15/h1-4,7-10,17H,5-6H2,(H,24,29,30). The van der Waals surface area contributed by atoms with E-state index in [2.05, 4.69) is 20.6 Å². The second-order valence-electron chi connectivity index (χ2n) is 7.76. The van der Waals surface area contributed by atoms with E-state index in [0.29, 0.717) is 11.3 Å². The van der Waals surface area contributed by atoms with Gasteiger partial charge in [0.05, 0.1) is 38.7 Å². The van der Waals surface area contributed by atoms with E-state index in [-0.39, 0.29) is 24.0 Å². The fourth-order valence-electron chi connectivity index (χ4n) is 4.14. The fraction of sp³-hybridized carbons (Fsp3) is 0.136. The molecule has 1 N–H and O–H groups in total. The summed E-state index contributed by atoms with van der Waals surface area (Å²) >= 11 is 1.53. The zero-order valence-corrected chi connectivity index (χ0v) is 17.7. The van der Waals surface area contributed by atoms with Crippen LogP contribution in [0.3, 0.4) is 0 Å². The summed E-state index contributed by atoms with van der Waals surface area (Å²) in [6.45, 7) is 0. The molecule has 1 saturated heterocycles. The predicted octanol–water partition coefficient (Wildman–Crippen LogP) is 1.95. The summed E-state index contributed by atoms with van der Waals surface area (Å²) in [5, 5.41) is 10.6. The molecule has 2 aliphatic rings. The van der Waals surface area contributed by atoms with Crippen molar-refractivity contribution >= 4 is 45.2 Å². The molecule has 4 amide bonds. The Kier molecular flexibility index (Phi) is 4.20. The SMILES string of the molecule is O=C1CCC(N2C(=O)c3ccc(-c4cn(-c5ccc6ncsc6c5)nn4)cc3C2=O)C(=O)N1. The van der Waals surface area contributed by atoms with E-state index in [4.69, 9.17) is 0 Å². The maximum atomic E-state index is 13.0. The third kappa shape index (κ3) is 3.04. The first-order valence-electron chi connectivity index (χ1n) is 10.1. The van der Waals surface area contributed by atoms with Gasteiger partial charge in [0.15, 0.2) is 0 Å². The molecule has 11 heteroatoms. The molecule has 0 spiro atoms. The Morgan fingerprint density at radius 1 is 1.00 bits per heavy atom. The predicted molar refractivity (Wildman–Crippen MR) is 117 cm³/mol. The largest absolute Gasteiger partial charge is 0.295 e. The molecule has 1 atom stereocenters. The number of carbonyl (C=O) groups excluding carboxylic acids is 4. The van der Waals surface area contributed by atoms with Crippen LogP contribution in [0.4, 0.5) is 0 Å². The molecule has 6 rings (SSSR count). The lowest BCUT2D eigenvalue weighted by molar-refractivity contribution is -0.136. The number of piperidine rings is 1. The zero-order chi connectivity index (χ0) is 22.7. The summed E-state index contributed by atoms with van der Waals surface area (Å²) in [6.07, 6.45) is 1.93. The van der Waals surface area contributed by atoms with Crippen LogP contribution in [0.15, 0.2) is 48.1 Å². The first-order valence-corrected chi connectivity index (χ1v) is 11.0.